The Kier molecular flexibility index (Phi) is 3.89. The van der Waals surface area contributed by atoms with E-state index in [0.717, 1.165) is 0 Å². The fourth-order valence-corrected chi connectivity index (χ4v) is 5.08. The molecule has 19 heavy (non-hydrogen) atoms. The van der Waals surface area contributed by atoms with Crippen LogP contribution in [-0.4, -0.2) is 36.5 Å². The first-order chi connectivity index (χ1) is 8.87. The van der Waals surface area contributed by atoms with E-state index in [4.69, 9.17) is 0 Å². The van der Waals surface area contributed by atoms with Crippen LogP contribution >= 0.6 is 11.8 Å². The van der Waals surface area contributed by atoms with Crippen LogP contribution in [0.25, 0.3) is 0 Å². The highest BCUT2D eigenvalue weighted by Gasteiger charge is 2.45. The van der Waals surface area contributed by atoms with Crippen molar-refractivity contribution < 1.29 is 18.3 Å². The van der Waals surface area contributed by atoms with Crippen molar-refractivity contribution in [1.82, 2.24) is 4.72 Å². The average molecular weight is 301 g/mol. The predicted molar refractivity (Wildman–Crippen MR) is 73.8 cm³/mol. The monoisotopic (exact) mass is 301 g/mol. The first-order valence-electron chi connectivity index (χ1n) is 5.78. The minimum atomic E-state index is -3.82. The highest BCUT2D eigenvalue weighted by molar-refractivity contribution is 7.99. The third-order valence-corrected chi connectivity index (χ3v) is 6.03. The summed E-state index contributed by atoms with van der Waals surface area (Å²) in [5, 5.41) is 9.30. The lowest BCUT2D eigenvalue weighted by molar-refractivity contribution is -0.142. The molecule has 1 saturated heterocycles. The number of hydrogen-bond acceptors (Lipinski definition) is 4. The molecule has 0 amide bonds. The van der Waals surface area contributed by atoms with Crippen molar-refractivity contribution in [3.63, 3.8) is 0 Å². The molecule has 0 aromatic heterocycles. The van der Waals surface area contributed by atoms with E-state index in [1.807, 2.05) is 0 Å². The molecule has 1 aliphatic rings. The van der Waals surface area contributed by atoms with Gasteiger partial charge in [0, 0.05) is 5.75 Å². The summed E-state index contributed by atoms with van der Waals surface area (Å²) in [6, 6.07) is 6.53. The second kappa shape index (κ2) is 5.15. The lowest BCUT2D eigenvalue weighted by Gasteiger charge is -2.24. The van der Waals surface area contributed by atoms with E-state index < -0.39 is 21.5 Å². The summed E-state index contributed by atoms with van der Waals surface area (Å²) >= 11 is 1.44. The predicted octanol–water partition coefficient (Wildman–Crippen LogP) is 1.23. The largest absolute Gasteiger partial charge is 0.480 e. The van der Waals surface area contributed by atoms with Gasteiger partial charge in [0.05, 0.1) is 4.90 Å². The summed E-state index contributed by atoms with van der Waals surface area (Å²) in [7, 11) is -3.82. The summed E-state index contributed by atoms with van der Waals surface area (Å²) in [6.07, 6.45) is 0.304. The summed E-state index contributed by atoms with van der Waals surface area (Å²) in [4.78, 5) is 11.5. The summed E-state index contributed by atoms with van der Waals surface area (Å²) < 4.78 is 27.0. The van der Waals surface area contributed by atoms with E-state index in [-0.39, 0.29) is 10.6 Å². The Morgan fingerprint density at radius 2 is 2.11 bits per heavy atom. The van der Waals surface area contributed by atoms with Crippen LogP contribution in [0.2, 0.25) is 0 Å². The second-order valence-electron chi connectivity index (χ2n) is 4.56. The Morgan fingerprint density at radius 1 is 1.42 bits per heavy atom. The number of benzene rings is 1. The minimum Gasteiger partial charge on any atom is -0.480 e. The number of carboxylic acid groups (broad SMARTS) is 1. The van der Waals surface area contributed by atoms with Crippen LogP contribution in [0.3, 0.4) is 0 Å². The molecule has 7 heteroatoms. The van der Waals surface area contributed by atoms with Gasteiger partial charge in [0.15, 0.2) is 0 Å². The van der Waals surface area contributed by atoms with Crippen LogP contribution in [0.1, 0.15) is 12.0 Å². The van der Waals surface area contributed by atoms with Crippen LogP contribution in [0.5, 0.6) is 0 Å². The number of thioether (sulfide) groups is 1. The van der Waals surface area contributed by atoms with Gasteiger partial charge >= 0.3 is 5.97 Å². The second-order valence-corrected chi connectivity index (χ2v) is 7.32. The lowest BCUT2D eigenvalue weighted by atomic mass is 10.0. The van der Waals surface area contributed by atoms with E-state index in [1.54, 1.807) is 25.1 Å². The third kappa shape index (κ3) is 2.77. The van der Waals surface area contributed by atoms with E-state index in [0.29, 0.717) is 17.7 Å². The standard InChI is InChI=1S/C12H15NO4S2/c1-9-4-2-3-5-10(9)19(16,17)13-12(11(14)15)6-7-18-8-12/h2-5,13H,6-8H2,1H3,(H,14,15). The molecule has 0 aliphatic carbocycles. The average Bonchev–Trinajstić information content (AvgIpc) is 2.78. The van der Waals surface area contributed by atoms with Crippen molar-refractivity contribution in [1.29, 1.82) is 0 Å². The van der Waals surface area contributed by atoms with Gasteiger partial charge in [-0.15, -0.1) is 0 Å². The molecule has 0 spiro atoms. The van der Waals surface area contributed by atoms with Crippen LogP contribution in [0.4, 0.5) is 0 Å². The van der Waals surface area contributed by atoms with Gasteiger partial charge in [0.1, 0.15) is 5.54 Å². The molecule has 1 aliphatic heterocycles. The summed E-state index contributed by atoms with van der Waals surface area (Å²) in [6.45, 7) is 1.69. The zero-order valence-corrected chi connectivity index (χ0v) is 12.1. The number of aryl methyl sites for hydroxylation is 1. The quantitative estimate of drug-likeness (QED) is 0.874. The highest BCUT2D eigenvalue weighted by Crippen LogP contribution is 2.30. The number of sulfonamides is 1. The zero-order valence-electron chi connectivity index (χ0n) is 10.4. The molecule has 104 valence electrons. The number of carboxylic acids is 1. The molecule has 0 saturated carbocycles. The molecule has 1 aromatic carbocycles. The molecule has 1 unspecified atom stereocenters. The Morgan fingerprint density at radius 3 is 2.63 bits per heavy atom. The summed E-state index contributed by atoms with van der Waals surface area (Å²) in [5.74, 6) is -0.217. The summed E-state index contributed by atoms with van der Waals surface area (Å²) in [5.41, 5.74) is -0.785. The van der Waals surface area contributed by atoms with Crippen molar-refractivity contribution in [3.8, 4) is 0 Å². The van der Waals surface area contributed by atoms with Gasteiger partial charge in [-0.25, -0.2) is 8.42 Å². The number of rotatable bonds is 4. The number of aliphatic carboxylic acids is 1. The first kappa shape index (κ1) is 14.4. The Hall–Kier alpha value is -1.05. The molecule has 2 rings (SSSR count). The van der Waals surface area contributed by atoms with Gasteiger partial charge in [0.25, 0.3) is 0 Å². The van der Waals surface area contributed by atoms with Crippen LogP contribution in [0.15, 0.2) is 29.2 Å². The molecule has 0 radical (unpaired) electrons. The molecule has 1 aromatic rings. The van der Waals surface area contributed by atoms with Gasteiger partial charge in [0.2, 0.25) is 10.0 Å². The van der Waals surface area contributed by atoms with Gasteiger partial charge in [-0.2, -0.15) is 16.5 Å². The lowest BCUT2D eigenvalue weighted by Crippen LogP contribution is -2.54. The van der Waals surface area contributed by atoms with Crippen molar-refractivity contribution >= 4 is 27.8 Å². The van der Waals surface area contributed by atoms with Crippen LogP contribution < -0.4 is 4.72 Å². The normalized spacial score (nSPS) is 23.4. The van der Waals surface area contributed by atoms with E-state index >= 15 is 0 Å². The Labute approximate surface area is 116 Å². The maximum Gasteiger partial charge on any atom is 0.325 e. The molecule has 1 fully saturated rings. The molecule has 0 bridgehead atoms. The third-order valence-electron chi connectivity index (χ3n) is 3.14. The van der Waals surface area contributed by atoms with Gasteiger partial charge in [-0.3, -0.25) is 4.79 Å². The van der Waals surface area contributed by atoms with Crippen LogP contribution in [-0.2, 0) is 14.8 Å². The van der Waals surface area contributed by atoms with Crippen molar-refractivity contribution in [2.24, 2.45) is 0 Å². The maximum absolute atomic E-state index is 12.3. The first-order valence-corrected chi connectivity index (χ1v) is 8.42. The molecule has 5 nitrogen and oxygen atoms in total. The fourth-order valence-electron chi connectivity index (χ4n) is 2.03. The maximum atomic E-state index is 12.3. The molecular weight excluding hydrogens is 286 g/mol. The highest BCUT2D eigenvalue weighted by atomic mass is 32.2. The molecule has 1 atom stereocenters. The smallest absolute Gasteiger partial charge is 0.325 e. The number of carbonyl (C=O) groups is 1. The van der Waals surface area contributed by atoms with Crippen molar-refractivity contribution in [2.45, 2.75) is 23.8 Å². The molecular formula is C12H15NO4S2. The molecule has 2 N–H and O–H groups in total. The van der Waals surface area contributed by atoms with E-state index in [9.17, 15) is 18.3 Å². The minimum absolute atomic E-state index is 0.132. The zero-order chi connectivity index (χ0) is 14.1. The molecule has 1 heterocycles. The van der Waals surface area contributed by atoms with Crippen LogP contribution in [0, 0.1) is 6.92 Å². The fraction of sp³-hybridized carbons (Fsp3) is 0.417. The topological polar surface area (TPSA) is 83.5 Å². The number of hydrogen-bond donors (Lipinski definition) is 2. The SMILES string of the molecule is Cc1ccccc1S(=O)(=O)NC1(C(=O)O)CCSC1. The Balaban J connectivity index is 2.36. The van der Waals surface area contributed by atoms with E-state index in [1.165, 1.54) is 17.8 Å². The van der Waals surface area contributed by atoms with Gasteiger partial charge < -0.3 is 5.11 Å². The number of nitrogens with one attached hydrogen (secondary N) is 1. The van der Waals surface area contributed by atoms with E-state index in [2.05, 4.69) is 4.72 Å². The van der Waals surface area contributed by atoms with Crippen molar-refractivity contribution in [2.75, 3.05) is 11.5 Å². The Bertz CT molecular complexity index is 592. The van der Waals surface area contributed by atoms with Gasteiger partial charge in [-0.05, 0) is 30.7 Å². The van der Waals surface area contributed by atoms with Crippen molar-refractivity contribution in [3.05, 3.63) is 29.8 Å². The van der Waals surface area contributed by atoms with Gasteiger partial charge in [-0.1, -0.05) is 18.2 Å².